The van der Waals surface area contributed by atoms with Crippen LogP contribution in [-0.4, -0.2) is 32.4 Å². The maximum absolute atomic E-state index is 14.5. The summed E-state index contributed by atoms with van der Waals surface area (Å²) in [6.45, 7) is 1.38. The fourth-order valence-electron chi connectivity index (χ4n) is 4.18. The van der Waals surface area contributed by atoms with E-state index in [1.54, 1.807) is 19.1 Å². The third-order valence-corrected chi connectivity index (χ3v) is 8.81. The molecule has 0 saturated heterocycles. The molecule has 0 aliphatic carbocycles. The molecule has 0 bridgehead atoms. The van der Waals surface area contributed by atoms with Crippen molar-refractivity contribution in [3.63, 3.8) is 0 Å². The lowest BCUT2D eigenvalue weighted by Gasteiger charge is -2.35. The van der Waals surface area contributed by atoms with Gasteiger partial charge in [-0.1, -0.05) is 6.07 Å². The molecule has 0 radical (unpaired) electrons. The zero-order valence-corrected chi connectivity index (χ0v) is 23.5. The molecule has 4 aromatic rings. The molecule has 0 amide bonds. The Hall–Kier alpha value is -3.86. The van der Waals surface area contributed by atoms with Crippen molar-refractivity contribution in [2.45, 2.75) is 24.5 Å². The molecule has 2 aromatic carbocycles. The number of thiophene rings is 1. The van der Waals surface area contributed by atoms with Crippen LogP contribution >= 0.6 is 11.3 Å². The van der Waals surface area contributed by atoms with Gasteiger partial charge in [0.25, 0.3) is 5.56 Å². The van der Waals surface area contributed by atoms with Gasteiger partial charge in [0, 0.05) is 29.0 Å². The standard InChI is InChI=1S/C28H23F5N2O4S2/c1-4-39-23-8-6-16(11-26(23)41(2,3,37)38)24-9-10-25(40-24)22-13-20(28(31,32)33)19(14-34)27(36)35(22)15-17-5-7-18(29)12-21(17)30/h5-13H,4,15H2,1-3H3,(H,37,38). The third-order valence-electron chi connectivity index (χ3n) is 6.08. The van der Waals surface area contributed by atoms with Crippen LogP contribution in [0.1, 0.15) is 23.6 Å². The van der Waals surface area contributed by atoms with Gasteiger partial charge < -0.3 is 9.30 Å². The van der Waals surface area contributed by atoms with Crippen LogP contribution in [0.25, 0.3) is 21.0 Å². The van der Waals surface area contributed by atoms with E-state index in [2.05, 4.69) is 0 Å². The van der Waals surface area contributed by atoms with Crippen molar-refractivity contribution in [2.75, 3.05) is 19.1 Å². The maximum Gasteiger partial charge on any atom is 0.417 e. The summed E-state index contributed by atoms with van der Waals surface area (Å²) in [6.07, 6.45) is -2.70. The number of rotatable bonds is 7. The highest BCUT2D eigenvalue weighted by Gasteiger charge is 2.37. The quantitative estimate of drug-likeness (QED) is 0.233. The van der Waals surface area contributed by atoms with Crippen molar-refractivity contribution in [2.24, 2.45) is 0 Å². The molecular formula is C28H23F5N2O4S2. The van der Waals surface area contributed by atoms with Crippen LogP contribution in [0.15, 0.2) is 64.3 Å². The SMILES string of the molecule is CCOc1ccc(-c2ccc(-c3cc(C(F)(F)F)c(C#N)c(=O)n3Cc3ccc(F)cc3F)s2)cc1S(C)(C)(=O)O. The number of hydrogen-bond acceptors (Lipinski definition) is 5. The Bertz CT molecular complexity index is 1820. The lowest BCUT2D eigenvalue weighted by molar-refractivity contribution is -0.137. The van der Waals surface area contributed by atoms with Crippen LogP contribution in [0.3, 0.4) is 0 Å². The van der Waals surface area contributed by atoms with E-state index in [0.717, 1.165) is 28.0 Å². The molecule has 2 aromatic heterocycles. The minimum Gasteiger partial charge on any atom is -0.492 e. The van der Waals surface area contributed by atoms with Crippen LogP contribution < -0.4 is 10.3 Å². The van der Waals surface area contributed by atoms with E-state index < -0.39 is 50.4 Å². The topological polar surface area (TPSA) is 92.3 Å². The summed E-state index contributed by atoms with van der Waals surface area (Å²) in [5.74, 6) is -1.69. The van der Waals surface area contributed by atoms with Gasteiger partial charge in [-0.25, -0.2) is 13.0 Å². The second-order valence-electron chi connectivity index (χ2n) is 9.58. The monoisotopic (exact) mass is 610 g/mol. The first-order valence-corrected chi connectivity index (χ1v) is 15.5. The average molecular weight is 611 g/mol. The summed E-state index contributed by atoms with van der Waals surface area (Å²) in [6, 6.07) is 12.1. The lowest BCUT2D eigenvalue weighted by atomic mass is 10.1. The van der Waals surface area contributed by atoms with Gasteiger partial charge in [0.15, 0.2) is 0 Å². The smallest absolute Gasteiger partial charge is 0.417 e. The molecule has 0 fully saturated rings. The Morgan fingerprint density at radius 1 is 1.05 bits per heavy atom. The molecule has 1 N–H and O–H groups in total. The zero-order valence-electron chi connectivity index (χ0n) is 21.9. The Kier molecular flexibility index (Phi) is 7.72. The summed E-state index contributed by atoms with van der Waals surface area (Å²) in [5, 5.41) is 9.39. The molecule has 6 nitrogen and oxygen atoms in total. The van der Waals surface area contributed by atoms with Gasteiger partial charge >= 0.3 is 6.18 Å². The Balaban J connectivity index is 1.93. The van der Waals surface area contributed by atoms with Crippen molar-refractivity contribution in [3.8, 4) is 32.8 Å². The maximum atomic E-state index is 14.5. The first kappa shape index (κ1) is 30.1. The van der Waals surface area contributed by atoms with E-state index in [0.29, 0.717) is 22.6 Å². The Labute approximate surface area is 235 Å². The van der Waals surface area contributed by atoms with E-state index >= 15 is 0 Å². The van der Waals surface area contributed by atoms with Crippen LogP contribution in [0, 0.1) is 23.0 Å². The summed E-state index contributed by atoms with van der Waals surface area (Å²) in [5.41, 5.74) is -3.87. The van der Waals surface area contributed by atoms with E-state index in [4.69, 9.17) is 4.74 Å². The van der Waals surface area contributed by atoms with Gasteiger partial charge in [0.2, 0.25) is 0 Å². The minimum atomic E-state index is -5.04. The number of halogens is 5. The van der Waals surface area contributed by atoms with Gasteiger partial charge in [0.05, 0.1) is 34.2 Å². The predicted octanol–water partition coefficient (Wildman–Crippen LogP) is 6.77. The van der Waals surface area contributed by atoms with Gasteiger partial charge in [-0.2, -0.15) is 27.8 Å². The fourth-order valence-corrected chi connectivity index (χ4v) is 6.37. The zero-order chi connectivity index (χ0) is 30.4. The number of nitrogens with zero attached hydrogens (tertiary/aromatic N) is 2. The molecular weight excluding hydrogens is 587 g/mol. The predicted molar refractivity (Wildman–Crippen MR) is 147 cm³/mol. The molecule has 2 heterocycles. The highest BCUT2D eigenvalue weighted by Crippen LogP contribution is 2.42. The Morgan fingerprint density at radius 2 is 1.73 bits per heavy atom. The van der Waals surface area contributed by atoms with Crippen molar-refractivity contribution in [1.82, 2.24) is 4.57 Å². The molecule has 0 aliphatic rings. The summed E-state index contributed by atoms with van der Waals surface area (Å²) < 4.78 is 99.6. The highest BCUT2D eigenvalue weighted by molar-refractivity contribution is 8.14. The lowest BCUT2D eigenvalue weighted by Crippen LogP contribution is -2.29. The molecule has 41 heavy (non-hydrogen) atoms. The van der Waals surface area contributed by atoms with Crippen LogP contribution in [-0.2, 0) is 22.1 Å². The van der Waals surface area contributed by atoms with Crippen molar-refractivity contribution in [1.29, 1.82) is 5.26 Å². The van der Waals surface area contributed by atoms with Crippen LogP contribution in [0.4, 0.5) is 22.0 Å². The van der Waals surface area contributed by atoms with Crippen LogP contribution in [0.2, 0.25) is 0 Å². The molecule has 0 spiro atoms. The molecule has 0 atom stereocenters. The second-order valence-corrected chi connectivity index (χ2v) is 14.6. The summed E-state index contributed by atoms with van der Waals surface area (Å²) in [7, 11) is -4.28. The van der Waals surface area contributed by atoms with Crippen molar-refractivity contribution < 1.29 is 35.5 Å². The number of alkyl halides is 3. The molecule has 0 aliphatic heterocycles. The number of hydrogen-bond donors (Lipinski definition) is 1. The average Bonchev–Trinajstić information content (AvgIpc) is 3.35. The van der Waals surface area contributed by atoms with Gasteiger partial charge in [0.1, 0.15) is 29.0 Å². The molecule has 13 heteroatoms. The fraction of sp³-hybridized carbons (Fsp3) is 0.214. The van der Waals surface area contributed by atoms with Crippen LogP contribution in [0.5, 0.6) is 5.75 Å². The normalized spacial score (nSPS) is 12.9. The van der Waals surface area contributed by atoms with E-state index in [1.807, 2.05) is 0 Å². The molecule has 0 saturated carbocycles. The summed E-state index contributed by atoms with van der Waals surface area (Å²) >= 11 is 0.973. The van der Waals surface area contributed by atoms with E-state index in [9.17, 15) is 40.8 Å². The number of ether oxygens (including phenoxy) is 1. The largest absolute Gasteiger partial charge is 0.492 e. The van der Waals surface area contributed by atoms with E-state index in [1.165, 1.54) is 36.8 Å². The number of aromatic nitrogens is 1. The number of pyridine rings is 1. The number of benzene rings is 2. The molecule has 4 rings (SSSR count). The summed E-state index contributed by atoms with van der Waals surface area (Å²) in [4.78, 5) is 13.9. The Morgan fingerprint density at radius 3 is 2.32 bits per heavy atom. The minimum absolute atomic E-state index is 0.0396. The van der Waals surface area contributed by atoms with Gasteiger partial charge in [-0.05, 0) is 55.0 Å². The number of nitriles is 1. The third kappa shape index (κ3) is 6.24. The van der Waals surface area contributed by atoms with Crippen molar-refractivity contribution in [3.05, 3.63) is 93.3 Å². The van der Waals surface area contributed by atoms with Gasteiger partial charge in [-0.3, -0.25) is 9.35 Å². The highest BCUT2D eigenvalue weighted by atomic mass is 32.3. The first-order valence-electron chi connectivity index (χ1n) is 11.9. The van der Waals surface area contributed by atoms with E-state index in [-0.39, 0.29) is 33.4 Å². The van der Waals surface area contributed by atoms with Gasteiger partial charge in [-0.15, -0.1) is 11.3 Å². The first-order chi connectivity index (χ1) is 19.0. The molecule has 216 valence electrons. The van der Waals surface area contributed by atoms with Crippen molar-refractivity contribution >= 4 is 20.7 Å². The molecule has 0 unspecified atom stereocenters. The second kappa shape index (κ2) is 10.5.